The Morgan fingerprint density at radius 2 is 2.03 bits per heavy atom. The Morgan fingerprint density at radius 3 is 2.73 bits per heavy atom. The molecule has 30 heavy (non-hydrogen) atoms. The van der Waals surface area contributed by atoms with Crippen molar-refractivity contribution in [2.45, 2.75) is 25.4 Å². The Morgan fingerprint density at radius 1 is 1.23 bits per heavy atom. The average Bonchev–Trinajstić information content (AvgIpc) is 3.54. The molecular formula is C21H25ClN6OS. The van der Waals surface area contributed by atoms with Crippen LogP contribution in [-0.2, 0) is 6.54 Å². The number of benzene rings is 1. The first-order chi connectivity index (χ1) is 14.7. The van der Waals surface area contributed by atoms with Crippen LogP contribution in [0.15, 0.2) is 51.3 Å². The lowest BCUT2D eigenvalue weighted by molar-refractivity contribution is 0.249. The summed E-state index contributed by atoms with van der Waals surface area (Å²) in [6.07, 6.45) is 2.53. The van der Waals surface area contributed by atoms with Crippen molar-refractivity contribution in [1.82, 2.24) is 25.7 Å². The van der Waals surface area contributed by atoms with Crippen LogP contribution < -0.4 is 10.6 Å². The lowest BCUT2D eigenvalue weighted by atomic mass is 10.2. The lowest BCUT2D eigenvalue weighted by Gasteiger charge is -2.27. The van der Waals surface area contributed by atoms with Crippen LogP contribution in [0.4, 0.5) is 0 Å². The van der Waals surface area contributed by atoms with Gasteiger partial charge in [-0.1, -0.05) is 22.8 Å². The molecule has 2 N–H and O–H groups in total. The number of hydrogen-bond donors (Lipinski definition) is 2. The number of aromatic nitrogens is 2. The Kier molecular flexibility index (Phi) is 6.99. The van der Waals surface area contributed by atoms with Crippen molar-refractivity contribution >= 4 is 28.9 Å². The summed E-state index contributed by atoms with van der Waals surface area (Å²) in [6.45, 7) is 3.48. The van der Waals surface area contributed by atoms with Crippen molar-refractivity contribution in [3.8, 4) is 11.4 Å². The van der Waals surface area contributed by atoms with E-state index in [9.17, 15) is 0 Å². The van der Waals surface area contributed by atoms with E-state index >= 15 is 0 Å². The van der Waals surface area contributed by atoms with E-state index in [1.807, 2.05) is 12.1 Å². The first-order valence-electron chi connectivity index (χ1n) is 10.0. The zero-order valence-electron chi connectivity index (χ0n) is 16.8. The Labute approximate surface area is 185 Å². The van der Waals surface area contributed by atoms with Crippen molar-refractivity contribution in [1.29, 1.82) is 0 Å². The largest absolute Gasteiger partial charge is 0.354 e. The normalized spacial score (nSPS) is 16.0. The summed E-state index contributed by atoms with van der Waals surface area (Å²) in [5.74, 6) is 1.75. The standard InChI is InChI=1S/C21H25ClN6OS/c1-23-21(24-13-17(18-5-4-12-30-18)28-10-2-3-11-28)25-14-19-26-20(27-29-19)15-6-8-16(22)9-7-15/h4-9,12,17H,2-3,10-11,13-14H2,1H3,(H2,23,24,25). The molecule has 9 heteroatoms. The van der Waals surface area contributed by atoms with Crippen LogP contribution in [0.25, 0.3) is 11.4 Å². The summed E-state index contributed by atoms with van der Waals surface area (Å²) in [4.78, 5) is 12.7. The van der Waals surface area contributed by atoms with Gasteiger partial charge in [-0.05, 0) is 61.6 Å². The molecule has 0 saturated carbocycles. The summed E-state index contributed by atoms with van der Waals surface area (Å²) >= 11 is 7.74. The molecule has 1 fully saturated rings. The average molecular weight is 445 g/mol. The highest BCUT2D eigenvalue weighted by Crippen LogP contribution is 2.27. The lowest BCUT2D eigenvalue weighted by Crippen LogP contribution is -2.42. The monoisotopic (exact) mass is 444 g/mol. The SMILES string of the molecule is CN=C(NCc1nc(-c2ccc(Cl)cc2)no1)NCC(c1cccs1)N1CCCC1. The molecule has 0 aliphatic carbocycles. The minimum absolute atomic E-state index is 0.353. The van der Waals surface area contributed by atoms with Crippen LogP contribution in [-0.4, -0.2) is 47.7 Å². The van der Waals surface area contributed by atoms with E-state index in [-0.39, 0.29) is 0 Å². The molecule has 1 aliphatic rings. The van der Waals surface area contributed by atoms with Gasteiger partial charge in [0.25, 0.3) is 0 Å². The zero-order chi connectivity index (χ0) is 20.8. The molecule has 1 aliphatic heterocycles. The second-order valence-electron chi connectivity index (χ2n) is 7.10. The summed E-state index contributed by atoms with van der Waals surface area (Å²) in [7, 11) is 1.76. The van der Waals surface area contributed by atoms with Gasteiger partial charge in [-0.15, -0.1) is 11.3 Å². The van der Waals surface area contributed by atoms with Gasteiger partial charge < -0.3 is 15.2 Å². The predicted octanol–water partition coefficient (Wildman–Crippen LogP) is 3.95. The first kappa shape index (κ1) is 20.8. The number of halogens is 1. The van der Waals surface area contributed by atoms with E-state index in [4.69, 9.17) is 16.1 Å². The number of rotatable bonds is 7. The number of likely N-dealkylation sites (tertiary alicyclic amines) is 1. The molecule has 0 amide bonds. The van der Waals surface area contributed by atoms with Crippen LogP contribution in [0, 0.1) is 0 Å². The number of guanidine groups is 1. The topological polar surface area (TPSA) is 78.6 Å². The summed E-state index contributed by atoms with van der Waals surface area (Å²) in [5.41, 5.74) is 0.862. The minimum atomic E-state index is 0.353. The fourth-order valence-corrected chi connectivity index (χ4v) is 4.55. The molecule has 0 radical (unpaired) electrons. The maximum Gasteiger partial charge on any atom is 0.246 e. The van der Waals surface area contributed by atoms with Crippen molar-refractivity contribution in [3.05, 3.63) is 57.6 Å². The van der Waals surface area contributed by atoms with Crippen LogP contribution in [0.1, 0.15) is 29.7 Å². The molecule has 3 aromatic rings. The highest BCUT2D eigenvalue weighted by atomic mass is 35.5. The Hall–Kier alpha value is -2.42. The molecule has 1 unspecified atom stereocenters. The van der Waals surface area contributed by atoms with E-state index in [0.29, 0.717) is 35.3 Å². The molecule has 1 aromatic carbocycles. The fraction of sp³-hybridized carbons (Fsp3) is 0.381. The molecule has 0 bridgehead atoms. The van der Waals surface area contributed by atoms with Crippen molar-refractivity contribution in [2.24, 2.45) is 4.99 Å². The Balaban J connectivity index is 1.33. The van der Waals surface area contributed by atoms with E-state index in [0.717, 1.165) is 25.2 Å². The highest BCUT2D eigenvalue weighted by molar-refractivity contribution is 7.10. The quantitative estimate of drug-likeness (QED) is 0.424. The first-order valence-corrected chi connectivity index (χ1v) is 11.3. The third-order valence-corrected chi connectivity index (χ3v) is 6.34. The van der Waals surface area contributed by atoms with Gasteiger partial charge in [0, 0.05) is 29.1 Å². The highest BCUT2D eigenvalue weighted by Gasteiger charge is 2.24. The summed E-state index contributed by atoms with van der Waals surface area (Å²) in [5, 5.41) is 13.6. The van der Waals surface area contributed by atoms with E-state index in [1.165, 1.54) is 17.7 Å². The van der Waals surface area contributed by atoms with Gasteiger partial charge in [0.05, 0.1) is 12.6 Å². The molecule has 4 rings (SSSR count). The summed E-state index contributed by atoms with van der Waals surface area (Å²) < 4.78 is 5.36. The molecule has 3 heterocycles. The van der Waals surface area contributed by atoms with Crippen molar-refractivity contribution < 1.29 is 4.52 Å². The van der Waals surface area contributed by atoms with Gasteiger partial charge in [-0.3, -0.25) is 9.89 Å². The molecule has 7 nitrogen and oxygen atoms in total. The number of aliphatic imine (C=N–C) groups is 1. The van der Waals surface area contributed by atoms with Crippen LogP contribution in [0.5, 0.6) is 0 Å². The zero-order valence-corrected chi connectivity index (χ0v) is 18.4. The van der Waals surface area contributed by atoms with Crippen molar-refractivity contribution in [2.75, 3.05) is 26.7 Å². The van der Waals surface area contributed by atoms with Gasteiger partial charge >= 0.3 is 0 Å². The van der Waals surface area contributed by atoms with Crippen LogP contribution >= 0.6 is 22.9 Å². The minimum Gasteiger partial charge on any atom is -0.354 e. The maximum absolute atomic E-state index is 5.93. The molecule has 1 atom stereocenters. The van der Waals surface area contributed by atoms with Gasteiger partial charge in [0.2, 0.25) is 11.7 Å². The molecule has 0 spiro atoms. The predicted molar refractivity (Wildman–Crippen MR) is 121 cm³/mol. The molecule has 158 valence electrons. The molecular weight excluding hydrogens is 420 g/mol. The van der Waals surface area contributed by atoms with E-state index in [2.05, 4.69) is 48.2 Å². The van der Waals surface area contributed by atoms with Gasteiger partial charge in [-0.2, -0.15) is 4.98 Å². The van der Waals surface area contributed by atoms with E-state index < -0.39 is 0 Å². The molecule has 1 saturated heterocycles. The van der Waals surface area contributed by atoms with Gasteiger partial charge in [0.1, 0.15) is 0 Å². The third kappa shape index (κ3) is 5.19. The van der Waals surface area contributed by atoms with Crippen LogP contribution in [0.3, 0.4) is 0 Å². The number of hydrogen-bond acceptors (Lipinski definition) is 6. The van der Waals surface area contributed by atoms with E-state index in [1.54, 1.807) is 30.5 Å². The third-order valence-electron chi connectivity index (χ3n) is 5.12. The number of thiophene rings is 1. The maximum atomic E-state index is 5.93. The number of nitrogens with one attached hydrogen (secondary N) is 2. The Bertz CT molecular complexity index is 950. The fourth-order valence-electron chi connectivity index (χ4n) is 3.56. The number of nitrogens with zero attached hydrogens (tertiary/aromatic N) is 4. The summed E-state index contributed by atoms with van der Waals surface area (Å²) in [6, 6.07) is 12.0. The van der Waals surface area contributed by atoms with Crippen LogP contribution in [0.2, 0.25) is 5.02 Å². The van der Waals surface area contributed by atoms with Gasteiger partial charge in [-0.25, -0.2) is 0 Å². The smallest absolute Gasteiger partial charge is 0.246 e. The second-order valence-corrected chi connectivity index (χ2v) is 8.52. The second kappa shape index (κ2) is 10.1. The van der Waals surface area contributed by atoms with Crippen molar-refractivity contribution in [3.63, 3.8) is 0 Å². The van der Waals surface area contributed by atoms with Gasteiger partial charge in [0.15, 0.2) is 5.96 Å². The molecule has 2 aromatic heterocycles.